The first kappa shape index (κ1) is 10.6. The second kappa shape index (κ2) is 5.32. The Morgan fingerprint density at radius 1 is 1.71 bits per heavy atom. The van der Waals surface area contributed by atoms with Crippen LogP contribution < -0.4 is 4.74 Å². The van der Waals surface area contributed by atoms with Crippen molar-refractivity contribution in [2.75, 3.05) is 7.11 Å². The summed E-state index contributed by atoms with van der Waals surface area (Å²) in [7, 11) is 1.62. The van der Waals surface area contributed by atoms with E-state index in [4.69, 9.17) is 15.7 Å². The molecule has 0 aliphatic rings. The summed E-state index contributed by atoms with van der Waals surface area (Å²) in [6, 6.07) is 1.89. The van der Waals surface area contributed by atoms with Gasteiger partial charge in [0.2, 0.25) is 0 Å². The van der Waals surface area contributed by atoms with Crippen LogP contribution >= 0.6 is 0 Å². The van der Waals surface area contributed by atoms with Crippen LogP contribution in [0.1, 0.15) is 12.2 Å². The average molecular weight is 191 g/mol. The molecule has 75 valence electrons. The van der Waals surface area contributed by atoms with Gasteiger partial charge in [-0.2, -0.15) is 0 Å². The Labute approximate surface area is 84.9 Å². The van der Waals surface area contributed by atoms with Crippen molar-refractivity contribution in [1.29, 1.82) is 0 Å². The third-order valence-electron chi connectivity index (χ3n) is 2.14. The first-order valence-electron chi connectivity index (χ1n) is 4.59. The van der Waals surface area contributed by atoms with Gasteiger partial charge < -0.3 is 9.15 Å². The highest BCUT2D eigenvalue weighted by Gasteiger charge is 2.04. The molecule has 0 N–H and O–H groups in total. The minimum absolute atomic E-state index is 0.242. The van der Waals surface area contributed by atoms with E-state index in [1.165, 1.54) is 0 Å². The number of methoxy groups -OCH3 is 1. The number of aryl methyl sites for hydroxylation is 1. The monoisotopic (exact) mass is 191 g/mol. The Morgan fingerprint density at radius 2 is 2.50 bits per heavy atom. The van der Waals surface area contributed by atoms with Gasteiger partial charge in [-0.1, -0.05) is 18.7 Å². The van der Waals surface area contributed by atoms with Gasteiger partial charge in [-0.05, 0) is 12.3 Å². The lowest BCUT2D eigenvalue weighted by Crippen LogP contribution is -1.93. The summed E-state index contributed by atoms with van der Waals surface area (Å²) in [5.74, 6) is 1.91. The van der Waals surface area contributed by atoms with E-state index >= 15 is 0 Å². The van der Waals surface area contributed by atoms with Gasteiger partial charge in [0, 0.05) is 12.5 Å². The molecule has 14 heavy (non-hydrogen) atoms. The van der Waals surface area contributed by atoms with Crippen LogP contribution in [0.15, 0.2) is 35.5 Å². The molecule has 0 aliphatic heterocycles. The Kier molecular flexibility index (Phi) is 4.05. The van der Waals surface area contributed by atoms with Crippen molar-refractivity contribution in [2.45, 2.75) is 12.8 Å². The van der Waals surface area contributed by atoms with E-state index < -0.39 is 0 Å². The van der Waals surface area contributed by atoms with E-state index in [0.717, 1.165) is 24.4 Å². The van der Waals surface area contributed by atoms with Crippen LogP contribution in [0.4, 0.5) is 0 Å². The fraction of sp³-hybridized carbons (Fsp3) is 0.333. The van der Waals surface area contributed by atoms with Crippen LogP contribution in [-0.2, 0) is 6.42 Å². The van der Waals surface area contributed by atoms with Gasteiger partial charge in [0.05, 0.1) is 7.11 Å². The molecule has 0 aliphatic carbocycles. The minimum Gasteiger partial charge on any atom is -0.493 e. The molecule has 2 heteroatoms. The zero-order valence-corrected chi connectivity index (χ0v) is 8.40. The maximum Gasteiger partial charge on any atom is 0.157 e. The number of rotatable bonds is 6. The maximum absolute atomic E-state index is 5.43. The van der Waals surface area contributed by atoms with Crippen molar-refractivity contribution in [2.24, 2.45) is 5.92 Å². The summed E-state index contributed by atoms with van der Waals surface area (Å²) in [5.41, 5.74) is 0. The molecule has 1 rings (SSSR count). The zero-order valence-electron chi connectivity index (χ0n) is 8.40. The van der Waals surface area contributed by atoms with Gasteiger partial charge in [-0.25, -0.2) is 0 Å². The highest BCUT2D eigenvalue weighted by atomic mass is 16.5. The molecule has 1 unspecified atom stereocenters. The molecule has 1 aromatic rings. The lowest BCUT2D eigenvalue weighted by molar-refractivity contribution is 0.404. The van der Waals surface area contributed by atoms with Crippen molar-refractivity contribution in [3.05, 3.63) is 43.4 Å². The Bertz CT molecular complexity index is 291. The summed E-state index contributed by atoms with van der Waals surface area (Å²) in [5, 5.41) is 0. The van der Waals surface area contributed by atoms with Gasteiger partial charge in [0.15, 0.2) is 5.75 Å². The van der Waals surface area contributed by atoms with Crippen molar-refractivity contribution in [3.63, 3.8) is 0 Å². The highest BCUT2D eigenvalue weighted by Crippen LogP contribution is 2.18. The van der Waals surface area contributed by atoms with Crippen molar-refractivity contribution < 1.29 is 9.15 Å². The van der Waals surface area contributed by atoms with Gasteiger partial charge in [0.25, 0.3) is 0 Å². The number of allylic oxidation sites excluding steroid dienone is 2. The van der Waals surface area contributed by atoms with E-state index in [1.54, 1.807) is 19.4 Å². The van der Waals surface area contributed by atoms with Crippen LogP contribution in [0.2, 0.25) is 0 Å². The average Bonchev–Trinajstić information content (AvgIpc) is 2.67. The van der Waals surface area contributed by atoms with Gasteiger partial charge >= 0.3 is 0 Å². The van der Waals surface area contributed by atoms with Crippen molar-refractivity contribution in [1.82, 2.24) is 0 Å². The fourth-order valence-electron chi connectivity index (χ4n) is 1.20. The minimum atomic E-state index is 0.242. The Balaban J connectivity index is 2.44. The SMILES string of the molecule is [CH]=CC(C=C)CCc1cc(OC)co1. The predicted molar refractivity (Wildman–Crippen MR) is 56.1 cm³/mol. The number of furan rings is 1. The molecule has 2 nitrogen and oxygen atoms in total. The summed E-state index contributed by atoms with van der Waals surface area (Å²) in [4.78, 5) is 0. The molecule has 1 aromatic heterocycles. The zero-order chi connectivity index (χ0) is 10.4. The molecular weight excluding hydrogens is 176 g/mol. The third kappa shape index (κ3) is 2.80. The third-order valence-corrected chi connectivity index (χ3v) is 2.14. The first-order valence-corrected chi connectivity index (χ1v) is 4.59. The molecule has 0 amide bonds. The van der Waals surface area contributed by atoms with E-state index in [9.17, 15) is 0 Å². The summed E-state index contributed by atoms with van der Waals surface area (Å²) < 4.78 is 10.3. The lowest BCUT2D eigenvalue weighted by Gasteiger charge is -2.03. The van der Waals surface area contributed by atoms with Crippen molar-refractivity contribution in [3.8, 4) is 5.75 Å². The fourth-order valence-corrected chi connectivity index (χ4v) is 1.20. The van der Waals surface area contributed by atoms with Crippen LogP contribution in [0.3, 0.4) is 0 Å². The quantitative estimate of drug-likeness (QED) is 0.645. The van der Waals surface area contributed by atoms with Crippen LogP contribution in [-0.4, -0.2) is 7.11 Å². The maximum atomic E-state index is 5.43. The molecule has 0 spiro atoms. The Morgan fingerprint density at radius 3 is 3.00 bits per heavy atom. The van der Waals surface area contributed by atoms with E-state index in [-0.39, 0.29) is 5.92 Å². The lowest BCUT2D eigenvalue weighted by atomic mass is 10.0. The summed E-state index contributed by atoms with van der Waals surface area (Å²) >= 11 is 0. The molecule has 1 atom stereocenters. The summed E-state index contributed by atoms with van der Waals surface area (Å²) in [6.07, 6.45) is 6.84. The smallest absolute Gasteiger partial charge is 0.157 e. The molecule has 0 fully saturated rings. The number of hydrogen-bond donors (Lipinski definition) is 0. The number of hydrogen-bond acceptors (Lipinski definition) is 2. The molecule has 0 saturated heterocycles. The molecule has 0 saturated carbocycles. The normalized spacial score (nSPS) is 12.1. The largest absolute Gasteiger partial charge is 0.493 e. The van der Waals surface area contributed by atoms with Crippen LogP contribution in [0.5, 0.6) is 5.75 Å². The topological polar surface area (TPSA) is 22.4 Å². The predicted octanol–water partition coefficient (Wildman–Crippen LogP) is 3.01. The van der Waals surface area contributed by atoms with Crippen LogP contribution in [0.25, 0.3) is 0 Å². The van der Waals surface area contributed by atoms with Crippen LogP contribution in [0, 0.1) is 12.5 Å². The molecule has 1 radical (unpaired) electrons. The van der Waals surface area contributed by atoms with E-state index in [0.29, 0.717) is 0 Å². The standard InChI is InChI=1S/C12H15O2/c1-4-10(5-2)6-7-11-8-12(13-3)9-14-11/h1,4-5,8-10H,2,6-7H2,3H3. The van der Waals surface area contributed by atoms with E-state index in [2.05, 4.69) is 6.58 Å². The number of ether oxygens (including phenoxy) is 1. The van der Waals surface area contributed by atoms with Gasteiger partial charge in [-0.15, -0.1) is 6.58 Å². The second-order valence-corrected chi connectivity index (χ2v) is 3.08. The summed E-state index contributed by atoms with van der Waals surface area (Å²) in [6.45, 7) is 9.13. The molecular formula is C12H15O2. The second-order valence-electron chi connectivity index (χ2n) is 3.08. The van der Waals surface area contributed by atoms with Crippen molar-refractivity contribution >= 4 is 0 Å². The molecule has 0 bridgehead atoms. The molecule has 1 heterocycles. The van der Waals surface area contributed by atoms with Gasteiger partial charge in [-0.3, -0.25) is 0 Å². The highest BCUT2D eigenvalue weighted by molar-refractivity contribution is 5.19. The van der Waals surface area contributed by atoms with E-state index in [1.807, 2.05) is 12.1 Å². The molecule has 0 aromatic carbocycles. The first-order chi connectivity index (χ1) is 6.80. The Hall–Kier alpha value is -1.44. The van der Waals surface area contributed by atoms with Gasteiger partial charge in [0.1, 0.15) is 12.0 Å².